The second-order valence-corrected chi connectivity index (χ2v) is 7.14. The van der Waals surface area contributed by atoms with Gasteiger partial charge in [-0.05, 0) is 51.0 Å². The lowest BCUT2D eigenvalue weighted by atomic mass is 9.91. The standard InChI is InChI=1S/C20H22FNO3/c1-20(2,3)25-19(23)22-12-13-11-15-16(21)8-6-10-18(15)24-17-9-5-4-7-14(13)17/h4-10,13H,11-12H2,1-3H3,(H,22,23)/t13-/m0/s1. The Morgan fingerprint density at radius 2 is 1.92 bits per heavy atom. The molecule has 5 heteroatoms. The van der Waals surface area contributed by atoms with Crippen LogP contribution in [0.3, 0.4) is 0 Å². The minimum absolute atomic E-state index is 0.109. The maximum Gasteiger partial charge on any atom is 0.407 e. The van der Waals surface area contributed by atoms with Gasteiger partial charge in [0.15, 0.2) is 0 Å². The molecule has 1 atom stereocenters. The summed E-state index contributed by atoms with van der Waals surface area (Å²) in [7, 11) is 0. The maximum absolute atomic E-state index is 14.3. The van der Waals surface area contributed by atoms with Gasteiger partial charge in [-0.15, -0.1) is 0 Å². The summed E-state index contributed by atoms with van der Waals surface area (Å²) in [6.45, 7) is 5.77. The molecular weight excluding hydrogens is 321 g/mol. The number of hydrogen-bond donors (Lipinski definition) is 1. The van der Waals surface area contributed by atoms with E-state index in [-0.39, 0.29) is 11.7 Å². The molecule has 132 valence electrons. The van der Waals surface area contributed by atoms with Crippen LogP contribution in [0.15, 0.2) is 42.5 Å². The van der Waals surface area contributed by atoms with Crippen molar-refractivity contribution in [1.29, 1.82) is 0 Å². The maximum atomic E-state index is 14.3. The van der Waals surface area contributed by atoms with Crippen molar-refractivity contribution in [3.63, 3.8) is 0 Å². The average Bonchev–Trinajstić information content (AvgIpc) is 2.69. The number of fused-ring (bicyclic) bond motifs is 2. The Bertz CT molecular complexity index is 783. The minimum atomic E-state index is -0.562. The number of amides is 1. The fraction of sp³-hybridized carbons (Fsp3) is 0.350. The Labute approximate surface area is 147 Å². The molecule has 0 unspecified atom stereocenters. The van der Waals surface area contributed by atoms with Crippen molar-refractivity contribution < 1.29 is 18.7 Å². The van der Waals surface area contributed by atoms with E-state index < -0.39 is 11.7 Å². The van der Waals surface area contributed by atoms with Gasteiger partial charge < -0.3 is 14.8 Å². The Hall–Kier alpha value is -2.56. The molecule has 1 amide bonds. The fourth-order valence-corrected chi connectivity index (χ4v) is 2.92. The molecule has 1 aliphatic rings. The summed E-state index contributed by atoms with van der Waals surface area (Å²) in [4.78, 5) is 12.0. The number of benzene rings is 2. The summed E-state index contributed by atoms with van der Waals surface area (Å²) >= 11 is 0. The van der Waals surface area contributed by atoms with Gasteiger partial charge in [-0.2, -0.15) is 0 Å². The van der Waals surface area contributed by atoms with E-state index in [9.17, 15) is 9.18 Å². The number of hydrogen-bond acceptors (Lipinski definition) is 3. The SMILES string of the molecule is CC(C)(C)OC(=O)NC[C@@H]1Cc2c(F)cccc2Oc2ccccc21. The molecule has 4 nitrogen and oxygen atoms in total. The highest BCUT2D eigenvalue weighted by atomic mass is 19.1. The summed E-state index contributed by atoms with van der Waals surface area (Å²) in [5, 5.41) is 2.79. The van der Waals surface area contributed by atoms with Crippen molar-refractivity contribution in [2.24, 2.45) is 0 Å². The first kappa shape index (κ1) is 17.3. The average molecular weight is 343 g/mol. The molecule has 0 saturated carbocycles. The predicted molar refractivity (Wildman–Crippen MR) is 93.6 cm³/mol. The lowest BCUT2D eigenvalue weighted by molar-refractivity contribution is 0.0524. The Kier molecular flexibility index (Phi) is 4.66. The van der Waals surface area contributed by atoms with Crippen molar-refractivity contribution in [3.05, 3.63) is 59.4 Å². The molecule has 2 aromatic carbocycles. The number of para-hydroxylation sites is 1. The van der Waals surface area contributed by atoms with Crippen LogP contribution in [0.5, 0.6) is 11.5 Å². The smallest absolute Gasteiger partial charge is 0.407 e. The molecule has 0 radical (unpaired) electrons. The molecule has 0 spiro atoms. The van der Waals surface area contributed by atoms with Crippen LogP contribution < -0.4 is 10.1 Å². The van der Waals surface area contributed by atoms with Gasteiger partial charge in [0.05, 0.1) is 0 Å². The molecule has 1 heterocycles. The number of ether oxygens (including phenoxy) is 2. The van der Waals surface area contributed by atoms with Crippen molar-refractivity contribution in [3.8, 4) is 11.5 Å². The van der Waals surface area contributed by atoms with E-state index in [0.717, 1.165) is 5.56 Å². The Balaban J connectivity index is 1.85. The minimum Gasteiger partial charge on any atom is -0.457 e. The number of halogens is 1. The highest BCUT2D eigenvalue weighted by molar-refractivity contribution is 5.67. The van der Waals surface area contributed by atoms with E-state index >= 15 is 0 Å². The molecule has 0 bridgehead atoms. The van der Waals surface area contributed by atoms with Gasteiger partial charge in [0.2, 0.25) is 0 Å². The third-order valence-corrected chi connectivity index (χ3v) is 4.00. The van der Waals surface area contributed by atoms with E-state index in [1.807, 2.05) is 45.0 Å². The van der Waals surface area contributed by atoms with E-state index in [4.69, 9.17) is 9.47 Å². The zero-order valence-corrected chi connectivity index (χ0v) is 14.6. The van der Waals surface area contributed by atoms with Gasteiger partial charge in [-0.1, -0.05) is 24.3 Å². The van der Waals surface area contributed by atoms with Crippen LogP contribution >= 0.6 is 0 Å². The summed E-state index contributed by atoms with van der Waals surface area (Å²) < 4.78 is 25.5. The first-order valence-corrected chi connectivity index (χ1v) is 8.34. The van der Waals surface area contributed by atoms with Crippen LogP contribution in [0.1, 0.15) is 37.8 Å². The highest BCUT2D eigenvalue weighted by Crippen LogP contribution is 2.39. The van der Waals surface area contributed by atoms with Crippen LogP contribution in [-0.2, 0) is 11.2 Å². The Morgan fingerprint density at radius 1 is 1.20 bits per heavy atom. The quantitative estimate of drug-likeness (QED) is 0.853. The number of alkyl carbamates (subject to hydrolysis) is 1. The zero-order valence-electron chi connectivity index (χ0n) is 14.6. The molecule has 0 saturated heterocycles. The second kappa shape index (κ2) is 6.75. The van der Waals surface area contributed by atoms with Gasteiger partial charge in [0, 0.05) is 18.0 Å². The normalized spacial score (nSPS) is 16.1. The van der Waals surface area contributed by atoms with Crippen LogP contribution in [0, 0.1) is 5.82 Å². The van der Waals surface area contributed by atoms with Crippen molar-refractivity contribution >= 4 is 6.09 Å². The van der Waals surface area contributed by atoms with Gasteiger partial charge in [0.1, 0.15) is 22.9 Å². The van der Waals surface area contributed by atoms with Crippen LogP contribution in [0.25, 0.3) is 0 Å². The lowest BCUT2D eigenvalue weighted by Crippen LogP contribution is -2.35. The topological polar surface area (TPSA) is 47.6 Å². The number of carbonyl (C=O) groups excluding carboxylic acids is 1. The van der Waals surface area contributed by atoms with Crippen LogP contribution in [0.4, 0.5) is 9.18 Å². The third kappa shape index (κ3) is 4.10. The van der Waals surface area contributed by atoms with Crippen molar-refractivity contribution in [1.82, 2.24) is 5.32 Å². The zero-order chi connectivity index (χ0) is 18.0. The lowest BCUT2D eigenvalue weighted by Gasteiger charge is -2.22. The van der Waals surface area contributed by atoms with Crippen LogP contribution in [-0.4, -0.2) is 18.2 Å². The molecular formula is C20H22FNO3. The number of carbonyl (C=O) groups is 1. The summed E-state index contributed by atoms with van der Waals surface area (Å²) in [5.74, 6) is 0.796. The summed E-state index contributed by atoms with van der Waals surface area (Å²) in [6.07, 6.45) is -0.0432. The summed E-state index contributed by atoms with van der Waals surface area (Å²) in [6, 6.07) is 12.4. The van der Waals surface area contributed by atoms with Gasteiger partial charge >= 0.3 is 6.09 Å². The monoisotopic (exact) mass is 343 g/mol. The molecule has 1 N–H and O–H groups in total. The highest BCUT2D eigenvalue weighted by Gasteiger charge is 2.26. The van der Waals surface area contributed by atoms with Gasteiger partial charge in [-0.3, -0.25) is 0 Å². The second-order valence-electron chi connectivity index (χ2n) is 7.14. The first-order valence-electron chi connectivity index (χ1n) is 8.34. The molecule has 0 aliphatic carbocycles. The molecule has 25 heavy (non-hydrogen) atoms. The van der Waals surface area contributed by atoms with Gasteiger partial charge in [0.25, 0.3) is 0 Å². The van der Waals surface area contributed by atoms with Crippen molar-refractivity contribution in [2.75, 3.05) is 6.54 Å². The molecule has 2 aromatic rings. The molecule has 3 rings (SSSR count). The Morgan fingerprint density at radius 3 is 2.68 bits per heavy atom. The predicted octanol–water partition coefficient (Wildman–Crippen LogP) is 4.78. The molecule has 1 aliphatic heterocycles. The molecule has 0 aromatic heterocycles. The van der Waals surface area contributed by atoms with E-state index in [1.54, 1.807) is 12.1 Å². The third-order valence-electron chi connectivity index (χ3n) is 4.00. The first-order chi connectivity index (χ1) is 11.8. The van der Waals surface area contributed by atoms with Crippen molar-refractivity contribution in [2.45, 2.75) is 38.7 Å². The fourth-order valence-electron chi connectivity index (χ4n) is 2.92. The van der Waals surface area contributed by atoms with Crippen LogP contribution in [0.2, 0.25) is 0 Å². The largest absolute Gasteiger partial charge is 0.457 e. The van der Waals surface area contributed by atoms with E-state index in [1.165, 1.54) is 6.07 Å². The number of rotatable bonds is 2. The van der Waals surface area contributed by atoms with E-state index in [2.05, 4.69) is 5.32 Å². The molecule has 0 fully saturated rings. The van der Waals surface area contributed by atoms with Gasteiger partial charge in [-0.25, -0.2) is 9.18 Å². The number of nitrogens with one attached hydrogen (secondary N) is 1. The summed E-state index contributed by atoms with van der Waals surface area (Å²) in [5.41, 5.74) is 0.900. The van der Waals surface area contributed by atoms with E-state index in [0.29, 0.717) is 30.0 Å².